The lowest BCUT2D eigenvalue weighted by atomic mass is 9.85. The molecule has 2 fully saturated rings. The fourth-order valence-corrected chi connectivity index (χ4v) is 9.10. The summed E-state index contributed by atoms with van der Waals surface area (Å²) in [5.41, 5.74) is 6.40. The molecular formula is C46H64F3N9O6S. The van der Waals surface area contributed by atoms with Crippen LogP contribution in [0.25, 0.3) is 16.1 Å². The van der Waals surface area contributed by atoms with Gasteiger partial charge in [-0.3, -0.25) is 14.4 Å². The molecule has 0 unspecified atom stereocenters. The van der Waals surface area contributed by atoms with E-state index in [-0.39, 0.29) is 42.8 Å². The van der Waals surface area contributed by atoms with Gasteiger partial charge in [-0.2, -0.15) is 22.8 Å². The van der Waals surface area contributed by atoms with Crippen molar-refractivity contribution >= 4 is 46.5 Å². The van der Waals surface area contributed by atoms with E-state index >= 15 is 0 Å². The molecule has 15 nitrogen and oxygen atoms in total. The summed E-state index contributed by atoms with van der Waals surface area (Å²) >= 11 is 1.60. The van der Waals surface area contributed by atoms with E-state index in [9.17, 15) is 32.7 Å². The van der Waals surface area contributed by atoms with Gasteiger partial charge in [-0.15, -0.1) is 11.3 Å². The maximum atomic E-state index is 14.0. The number of carboxylic acid groups (broad SMARTS) is 1. The molecule has 0 spiro atoms. The van der Waals surface area contributed by atoms with Crippen molar-refractivity contribution < 1.29 is 42.6 Å². The summed E-state index contributed by atoms with van der Waals surface area (Å²) in [5, 5.41) is 35.6. The smallest absolute Gasteiger partial charge is 0.475 e. The van der Waals surface area contributed by atoms with E-state index in [1.165, 1.54) is 0 Å². The largest absolute Gasteiger partial charge is 0.490 e. The lowest BCUT2D eigenvalue weighted by molar-refractivity contribution is -0.192. The first-order valence-electron chi connectivity index (χ1n) is 22.5. The molecule has 65 heavy (non-hydrogen) atoms. The van der Waals surface area contributed by atoms with Gasteiger partial charge in [0, 0.05) is 55.8 Å². The number of anilines is 1. The minimum absolute atomic E-state index is 0.123. The summed E-state index contributed by atoms with van der Waals surface area (Å²) in [6, 6.07) is 11.3. The number of hydrogen-bond acceptors (Lipinski definition) is 11. The number of aliphatic carboxylic acids is 1. The number of aliphatic hydroxyl groups is 1. The van der Waals surface area contributed by atoms with E-state index in [1.807, 2.05) is 68.1 Å². The molecule has 5 atom stereocenters. The van der Waals surface area contributed by atoms with Gasteiger partial charge in [-0.05, 0) is 68.5 Å². The van der Waals surface area contributed by atoms with Crippen molar-refractivity contribution in [2.75, 3.05) is 18.4 Å². The van der Waals surface area contributed by atoms with Crippen molar-refractivity contribution in [3.63, 3.8) is 0 Å². The van der Waals surface area contributed by atoms with Crippen LogP contribution in [-0.2, 0) is 32.1 Å². The molecule has 4 aromatic rings. The van der Waals surface area contributed by atoms with E-state index in [0.717, 1.165) is 103 Å². The minimum atomic E-state index is -5.08. The van der Waals surface area contributed by atoms with Gasteiger partial charge in [0.2, 0.25) is 17.7 Å². The average molecular weight is 928 g/mol. The first-order chi connectivity index (χ1) is 30.8. The van der Waals surface area contributed by atoms with Crippen LogP contribution in [0.15, 0.2) is 48.1 Å². The Morgan fingerprint density at radius 1 is 0.969 bits per heavy atom. The number of likely N-dealkylation sites (tertiary alicyclic amines) is 1. The van der Waals surface area contributed by atoms with Crippen molar-refractivity contribution in [1.29, 1.82) is 0 Å². The SMILES string of the molecule is CCCc1cc(N[C@@H]2CC[C@@H](NC(=O)CCCCCCCN[C@H](C(=O)N3C[C@H](O)C[C@H]3C(=O)NCc3ccc(-c4scnc4C)cc3)C(C)(C)C)C2)n2nccc2n1.O=C(O)C(F)(F)F. The van der Waals surface area contributed by atoms with E-state index < -0.39 is 35.7 Å². The van der Waals surface area contributed by atoms with Gasteiger partial charge in [0.1, 0.15) is 11.9 Å². The molecule has 0 radical (unpaired) electrons. The summed E-state index contributed by atoms with van der Waals surface area (Å²) in [6.07, 6.45) is 6.24. The number of amides is 3. The molecule has 19 heteroatoms. The number of alkyl halides is 3. The normalized spacial score (nSPS) is 19.1. The number of aryl methyl sites for hydroxylation is 2. The second-order valence-corrected chi connectivity index (χ2v) is 18.9. The molecule has 1 aliphatic heterocycles. The van der Waals surface area contributed by atoms with Gasteiger partial charge < -0.3 is 36.4 Å². The second-order valence-electron chi connectivity index (χ2n) is 18.1. The monoisotopic (exact) mass is 927 g/mol. The number of nitrogens with one attached hydrogen (secondary N) is 4. The second kappa shape index (κ2) is 23.4. The van der Waals surface area contributed by atoms with Crippen LogP contribution in [0.5, 0.6) is 0 Å². The zero-order chi connectivity index (χ0) is 47.3. The Labute approximate surface area is 382 Å². The number of carboxylic acids is 1. The number of rotatable bonds is 19. The number of thiazole rings is 1. The molecule has 1 aliphatic carbocycles. The van der Waals surface area contributed by atoms with Gasteiger partial charge in [-0.1, -0.05) is 77.6 Å². The third-order valence-electron chi connectivity index (χ3n) is 11.6. The van der Waals surface area contributed by atoms with Crippen LogP contribution in [0.4, 0.5) is 19.0 Å². The van der Waals surface area contributed by atoms with E-state index in [1.54, 1.807) is 22.4 Å². The van der Waals surface area contributed by atoms with Crippen LogP contribution in [0, 0.1) is 12.3 Å². The van der Waals surface area contributed by atoms with E-state index in [2.05, 4.69) is 44.3 Å². The van der Waals surface area contributed by atoms with Crippen molar-refractivity contribution in [2.24, 2.45) is 5.41 Å². The predicted octanol–water partition coefficient (Wildman–Crippen LogP) is 6.82. The molecule has 6 rings (SSSR count). The lowest BCUT2D eigenvalue weighted by Gasteiger charge is -2.35. The lowest BCUT2D eigenvalue weighted by Crippen LogP contribution is -2.56. The molecule has 1 aromatic carbocycles. The summed E-state index contributed by atoms with van der Waals surface area (Å²) in [5.74, 6) is -2.08. The molecule has 1 saturated carbocycles. The number of benzene rings is 1. The molecule has 0 bridgehead atoms. The third kappa shape index (κ3) is 14.9. The number of aromatic nitrogens is 4. The molecule has 356 valence electrons. The van der Waals surface area contributed by atoms with Crippen LogP contribution in [0.2, 0.25) is 0 Å². The number of nitrogens with zero attached hydrogens (tertiary/aromatic N) is 5. The fraction of sp³-hybridized carbons (Fsp3) is 0.587. The number of carbonyl (C=O) groups excluding carboxylic acids is 3. The Hall–Kier alpha value is -5.14. The van der Waals surface area contributed by atoms with E-state index in [4.69, 9.17) is 14.9 Å². The van der Waals surface area contributed by atoms with Gasteiger partial charge in [0.15, 0.2) is 5.65 Å². The van der Waals surface area contributed by atoms with Crippen LogP contribution in [0.1, 0.15) is 115 Å². The zero-order valence-corrected chi connectivity index (χ0v) is 38.7. The number of fused-ring (bicyclic) bond motifs is 1. The highest BCUT2D eigenvalue weighted by Gasteiger charge is 2.44. The van der Waals surface area contributed by atoms with Gasteiger partial charge in [0.25, 0.3) is 0 Å². The summed E-state index contributed by atoms with van der Waals surface area (Å²) < 4.78 is 33.6. The van der Waals surface area contributed by atoms with E-state index in [0.29, 0.717) is 19.5 Å². The Bertz CT molecular complexity index is 2190. The quantitative estimate of drug-likeness (QED) is 0.0539. The van der Waals surface area contributed by atoms with Crippen molar-refractivity contribution in [1.82, 2.24) is 40.4 Å². The standard InChI is InChI=1S/C44H63N9O4S.C2HF3O2/c1-6-12-32-24-38(53-37(49-32)20-22-48-53)50-33-18-19-34(23-33)51-39(55)13-10-8-7-9-11-21-45-41(44(3,4)5)43(57)52-27-35(54)25-36(52)42(56)46-26-30-14-16-31(17-15-30)40-29(2)47-28-58-40;3-2(4,5)1(6)7/h14-17,20,22,24,28,33-36,41,45,50,54H,6-13,18-19,21,23,25-27H2,1-5H3,(H,46,56)(H,51,55);(H,6,7)/t33-,34-,35-,36+,41-;/m1./s1. The van der Waals surface area contributed by atoms with Crippen LogP contribution in [0.3, 0.4) is 0 Å². The zero-order valence-electron chi connectivity index (χ0n) is 37.9. The average Bonchev–Trinajstić information content (AvgIpc) is 4.07. The maximum Gasteiger partial charge on any atom is 0.490 e. The molecule has 3 amide bonds. The number of halogens is 3. The number of β-amino-alcohol motifs (C(OH)–C–C–N with tert-alkyl or cyclic N) is 1. The molecule has 2 aliphatic rings. The van der Waals surface area contributed by atoms with Crippen LogP contribution in [-0.4, -0.2) is 108 Å². The Kier molecular flexibility index (Phi) is 18.3. The minimum Gasteiger partial charge on any atom is -0.475 e. The van der Waals surface area contributed by atoms with Gasteiger partial charge in [-0.25, -0.2) is 14.8 Å². The molecule has 6 N–H and O–H groups in total. The Morgan fingerprint density at radius 3 is 2.32 bits per heavy atom. The highest BCUT2D eigenvalue weighted by atomic mass is 32.1. The summed E-state index contributed by atoms with van der Waals surface area (Å²) in [7, 11) is 0. The Morgan fingerprint density at radius 2 is 1.66 bits per heavy atom. The molecule has 3 aromatic heterocycles. The van der Waals surface area contributed by atoms with Crippen LogP contribution >= 0.6 is 11.3 Å². The molecular weight excluding hydrogens is 864 g/mol. The van der Waals surface area contributed by atoms with Crippen molar-refractivity contribution in [2.45, 2.75) is 155 Å². The summed E-state index contributed by atoms with van der Waals surface area (Å²) in [4.78, 5) is 60.8. The van der Waals surface area contributed by atoms with Gasteiger partial charge >= 0.3 is 12.1 Å². The first-order valence-corrected chi connectivity index (χ1v) is 23.4. The predicted molar refractivity (Wildman–Crippen MR) is 243 cm³/mol. The number of aliphatic hydroxyl groups excluding tert-OH is 1. The van der Waals surface area contributed by atoms with Crippen molar-refractivity contribution in [3.05, 3.63) is 65.1 Å². The Balaban J connectivity index is 0.00000105. The third-order valence-corrected chi connectivity index (χ3v) is 12.6. The molecule has 4 heterocycles. The molecule has 1 saturated heterocycles. The number of unbranched alkanes of at least 4 members (excludes halogenated alkanes) is 4. The van der Waals surface area contributed by atoms with Crippen molar-refractivity contribution in [3.8, 4) is 10.4 Å². The maximum absolute atomic E-state index is 14.0. The highest BCUT2D eigenvalue weighted by Crippen LogP contribution is 2.29. The fourth-order valence-electron chi connectivity index (χ4n) is 8.29. The topological polar surface area (TPSA) is 203 Å². The van der Waals surface area contributed by atoms with Crippen LogP contribution < -0.4 is 21.3 Å². The highest BCUT2D eigenvalue weighted by molar-refractivity contribution is 7.13. The van der Waals surface area contributed by atoms with Gasteiger partial charge in [0.05, 0.1) is 34.4 Å². The first kappa shape index (κ1) is 50.9. The number of carbonyl (C=O) groups is 4. The summed E-state index contributed by atoms with van der Waals surface area (Å²) in [6.45, 7) is 11.4. The number of hydrogen-bond donors (Lipinski definition) is 6.